The Hall–Kier alpha value is -4.69. The SMILES string of the molecule is CC[C@H]1OC(=O)[C@H](C)C(O[C@H]2C[C@@](C)(OC)[C@@H](OC(=O)CCNCCNc3cc4c(=O)c(C(=O)O)cn(C5CC5)c4cc3Cl)[C@H](C)O2)[C@H](C)[C@@H](O[C@@H]2O[C@H](C)C[C@H](N(C)C)[C@H]2O)[C@](C)(O)C[C@@H](C)/C(=N\OC(C)C)[C@H](C)[C@@H]2OC(=O)O[C@]12C. The number of aromatic carboxylic acids is 1. The lowest BCUT2D eigenvalue weighted by atomic mass is 9.73. The van der Waals surface area contributed by atoms with E-state index in [1.165, 1.54) is 13.3 Å². The van der Waals surface area contributed by atoms with E-state index in [0.29, 0.717) is 41.4 Å². The van der Waals surface area contributed by atoms with Crippen LogP contribution in [0.5, 0.6) is 0 Å². The highest BCUT2D eigenvalue weighted by Gasteiger charge is 2.59. The number of carbonyl (C=O) groups is 4. The average molecular weight is 1190 g/mol. The van der Waals surface area contributed by atoms with E-state index in [-0.39, 0.29) is 67.5 Å². The Balaban J connectivity index is 1.10. The van der Waals surface area contributed by atoms with E-state index < -0.39 is 125 Å². The van der Waals surface area contributed by atoms with Gasteiger partial charge in [-0.2, -0.15) is 0 Å². The van der Waals surface area contributed by atoms with Gasteiger partial charge in [-0.05, 0) is 114 Å². The number of esters is 2. The van der Waals surface area contributed by atoms with E-state index >= 15 is 0 Å². The molecule has 5 aliphatic rings. The number of carboxylic acids is 1. The van der Waals surface area contributed by atoms with Gasteiger partial charge in [0.1, 0.15) is 29.5 Å². The number of hydrogen-bond donors (Lipinski definition) is 5. The van der Waals surface area contributed by atoms with E-state index in [4.69, 9.17) is 59.1 Å². The maximum Gasteiger partial charge on any atom is 0.509 e. The Bertz CT molecular complexity index is 2720. The number of aliphatic hydroxyl groups is 2. The smallest absolute Gasteiger partial charge is 0.477 e. The predicted octanol–water partition coefficient (Wildman–Crippen LogP) is 6.82. The van der Waals surface area contributed by atoms with Gasteiger partial charge in [0.05, 0.1) is 64.3 Å². The number of aromatic nitrogens is 1. The number of carbonyl (C=O) groups excluding carboxylic acids is 3. The topological polar surface area (TPSA) is 283 Å². The molecular formula is C59H90ClN5O18. The Labute approximate surface area is 491 Å². The van der Waals surface area contributed by atoms with Crippen molar-refractivity contribution in [1.82, 2.24) is 14.8 Å². The summed E-state index contributed by atoms with van der Waals surface area (Å²) in [4.78, 5) is 74.5. The van der Waals surface area contributed by atoms with E-state index in [2.05, 4.69) is 15.8 Å². The number of likely N-dealkylation sites (N-methyl/N-ethyl adjacent to an activating group) is 1. The Morgan fingerprint density at radius 2 is 1.65 bits per heavy atom. The van der Waals surface area contributed by atoms with E-state index in [1.807, 2.05) is 65.1 Å². The van der Waals surface area contributed by atoms with Crippen molar-refractivity contribution in [3.05, 3.63) is 39.1 Å². The first-order valence-corrected chi connectivity index (χ1v) is 29.7. The first-order chi connectivity index (χ1) is 38.9. The number of cyclic esters (lactones) is 1. The van der Waals surface area contributed by atoms with Crippen molar-refractivity contribution in [3.63, 3.8) is 0 Å². The first kappa shape index (κ1) is 65.8. The Kier molecular flexibility index (Phi) is 21.4. The molecule has 5 fully saturated rings. The maximum atomic E-state index is 14.9. The fraction of sp³-hybridized carbons (Fsp3) is 0.763. The number of nitrogens with zero attached hydrogens (tertiary/aromatic N) is 3. The first-order valence-electron chi connectivity index (χ1n) is 29.3. The average Bonchev–Trinajstić information content (AvgIpc) is 3.28. The van der Waals surface area contributed by atoms with Gasteiger partial charge >= 0.3 is 24.1 Å². The van der Waals surface area contributed by atoms with Crippen LogP contribution in [0.15, 0.2) is 28.3 Å². The van der Waals surface area contributed by atoms with Gasteiger partial charge in [0.2, 0.25) is 5.43 Å². The van der Waals surface area contributed by atoms with Crippen molar-refractivity contribution < 1.29 is 82.0 Å². The summed E-state index contributed by atoms with van der Waals surface area (Å²) in [6.45, 7) is 22.2. The predicted molar refractivity (Wildman–Crippen MR) is 306 cm³/mol. The monoisotopic (exact) mass is 1190 g/mol. The summed E-state index contributed by atoms with van der Waals surface area (Å²) in [5.74, 6) is -5.81. The van der Waals surface area contributed by atoms with Crippen molar-refractivity contribution in [3.8, 4) is 0 Å². The highest BCUT2D eigenvalue weighted by Crippen LogP contribution is 2.45. The van der Waals surface area contributed by atoms with Crippen LogP contribution < -0.4 is 16.1 Å². The molecule has 466 valence electrons. The van der Waals surface area contributed by atoms with Gasteiger partial charge in [0, 0.05) is 74.6 Å². The van der Waals surface area contributed by atoms with E-state index in [0.717, 1.165) is 12.8 Å². The van der Waals surface area contributed by atoms with Gasteiger partial charge in [0.25, 0.3) is 0 Å². The van der Waals surface area contributed by atoms with Crippen LogP contribution in [0.3, 0.4) is 0 Å². The number of halogens is 1. The zero-order valence-corrected chi connectivity index (χ0v) is 51.6. The molecule has 5 heterocycles. The van der Waals surface area contributed by atoms with E-state index in [1.54, 1.807) is 53.7 Å². The zero-order chi connectivity index (χ0) is 61.2. The molecule has 1 aromatic heterocycles. The standard InChI is InChI=1S/C59H90ClN5O18/c1-16-43-59(12)51(81-56(72)82-59)32(6)46(63-83-29(2)3)30(4)26-57(10,73)50(80-55-48(68)42(64(13)14)23-31(5)75-55)33(7)49(34(8)54(71)77-43)79-45-27-58(11,74-15)52(35(9)76-45)78-44(66)19-20-61-21-22-62-40-24-37-41(25-39(40)60)65(36-17-18-36)28-38(47(37)67)53(69)70/h24-25,28-36,42-43,45,48-52,55,61-62,68,73H,16-23,26-27H2,1-15H3,(H,69,70)/b63-46+/t30-,31-,32+,33+,34-,35+,42+,43-,45+,48-,49?,50-,51+,52+,55+,57-,58-,59-/m1/s1. The third-order valence-corrected chi connectivity index (χ3v) is 17.6. The summed E-state index contributed by atoms with van der Waals surface area (Å²) in [5, 5.41) is 46.4. The van der Waals surface area contributed by atoms with Gasteiger partial charge in [-0.1, -0.05) is 44.5 Å². The number of benzene rings is 1. The van der Waals surface area contributed by atoms with Crippen LogP contribution in [0.2, 0.25) is 5.02 Å². The number of fused-ring (bicyclic) bond motifs is 2. The molecule has 83 heavy (non-hydrogen) atoms. The largest absolute Gasteiger partial charge is 0.509 e. The van der Waals surface area contributed by atoms with Crippen molar-refractivity contribution in [2.24, 2.45) is 28.8 Å². The fourth-order valence-corrected chi connectivity index (χ4v) is 12.9. The number of nitrogens with one attached hydrogen (secondary N) is 2. The van der Waals surface area contributed by atoms with Gasteiger partial charge in [0.15, 0.2) is 30.4 Å². The molecule has 18 atom stereocenters. The number of carboxylic acid groups (broad SMARTS) is 1. The van der Waals surface area contributed by atoms with Crippen molar-refractivity contribution >= 4 is 58.0 Å². The summed E-state index contributed by atoms with van der Waals surface area (Å²) in [7, 11) is 5.21. The molecule has 1 aliphatic carbocycles. The number of aliphatic hydroxyl groups excluding tert-OH is 1. The van der Waals surface area contributed by atoms with Gasteiger partial charge in [-0.25, -0.2) is 9.59 Å². The van der Waals surface area contributed by atoms with Crippen LogP contribution in [-0.4, -0.2) is 186 Å². The molecule has 1 saturated carbocycles. The van der Waals surface area contributed by atoms with E-state index in [9.17, 15) is 39.3 Å². The fourth-order valence-electron chi connectivity index (χ4n) is 12.7. The Morgan fingerprint density at radius 3 is 2.28 bits per heavy atom. The van der Waals surface area contributed by atoms with Gasteiger partial charge < -0.3 is 82.9 Å². The molecule has 5 N–H and O–H groups in total. The van der Waals surface area contributed by atoms with Crippen LogP contribution in [0, 0.1) is 23.7 Å². The lowest BCUT2D eigenvalue weighted by Gasteiger charge is -2.49. The molecular weight excluding hydrogens is 1100 g/mol. The highest BCUT2D eigenvalue weighted by molar-refractivity contribution is 6.34. The van der Waals surface area contributed by atoms with Crippen LogP contribution in [0.4, 0.5) is 10.5 Å². The molecule has 0 radical (unpaired) electrons. The third kappa shape index (κ3) is 14.8. The van der Waals surface area contributed by atoms with Crippen LogP contribution in [0.25, 0.3) is 10.9 Å². The minimum Gasteiger partial charge on any atom is -0.477 e. The van der Waals surface area contributed by atoms with Crippen molar-refractivity contribution in [1.29, 1.82) is 0 Å². The van der Waals surface area contributed by atoms with Gasteiger partial charge in [-0.15, -0.1) is 0 Å². The third-order valence-electron chi connectivity index (χ3n) is 17.3. The Morgan fingerprint density at radius 1 is 0.952 bits per heavy atom. The summed E-state index contributed by atoms with van der Waals surface area (Å²) in [5.41, 5.74) is -3.90. The molecule has 7 rings (SSSR count). The molecule has 2 aromatic rings. The summed E-state index contributed by atoms with van der Waals surface area (Å²) >= 11 is 6.65. The second kappa shape index (κ2) is 26.9. The normalized spacial score (nSPS) is 36.9. The molecule has 0 bridgehead atoms. The quantitative estimate of drug-likeness (QED) is 0.0417. The van der Waals surface area contributed by atoms with Crippen LogP contribution >= 0.6 is 11.6 Å². The minimum absolute atomic E-state index is 0.00762. The number of pyridine rings is 1. The molecule has 0 spiro atoms. The van der Waals surface area contributed by atoms with Crippen LogP contribution in [0.1, 0.15) is 144 Å². The number of rotatable bonds is 19. The number of methoxy groups -OCH3 is 1. The molecule has 4 aliphatic heterocycles. The number of anilines is 1. The molecule has 24 heteroatoms. The lowest BCUT2D eigenvalue weighted by molar-refractivity contribution is -0.318. The number of oxime groups is 1. The highest BCUT2D eigenvalue weighted by atomic mass is 35.5. The van der Waals surface area contributed by atoms with Gasteiger partial charge in [-0.3, -0.25) is 14.4 Å². The minimum atomic E-state index is -1.79. The maximum absolute atomic E-state index is 14.9. The summed E-state index contributed by atoms with van der Waals surface area (Å²) in [6, 6.07) is 2.99. The number of hydrogen-bond acceptors (Lipinski definition) is 21. The molecule has 23 nitrogen and oxygen atoms in total. The second-order valence-corrected chi connectivity index (χ2v) is 25.1. The van der Waals surface area contributed by atoms with Crippen LogP contribution in [-0.2, 0) is 57.1 Å². The summed E-state index contributed by atoms with van der Waals surface area (Å²) < 4.78 is 59.0. The second-order valence-electron chi connectivity index (χ2n) is 24.7. The number of ether oxygens (including phenoxy) is 9. The molecule has 4 saturated heterocycles. The summed E-state index contributed by atoms with van der Waals surface area (Å²) in [6.07, 6.45) is -7.42. The van der Waals surface area contributed by atoms with Crippen molar-refractivity contribution in [2.75, 3.05) is 46.2 Å². The molecule has 1 aromatic carbocycles. The lowest BCUT2D eigenvalue weighted by Crippen LogP contribution is -2.61. The van der Waals surface area contributed by atoms with Crippen molar-refractivity contribution in [2.45, 2.75) is 224 Å². The molecule has 1 unspecified atom stereocenters. The molecule has 0 amide bonds. The zero-order valence-electron chi connectivity index (χ0n) is 50.8.